The highest BCUT2D eigenvalue weighted by Gasteiger charge is 2.34. The maximum absolute atomic E-state index is 11.9. The number of hydrogen-bond donors (Lipinski definition) is 0. The van der Waals surface area contributed by atoms with Crippen molar-refractivity contribution in [3.8, 4) is 0 Å². The summed E-state index contributed by atoms with van der Waals surface area (Å²) in [4.78, 5) is 11.9. The first-order chi connectivity index (χ1) is 8.68. The summed E-state index contributed by atoms with van der Waals surface area (Å²) >= 11 is 0. The van der Waals surface area contributed by atoms with E-state index in [0.717, 1.165) is 18.6 Å². The van der Waals surface area contributed by atoms with E-state index in [-0.39, 0.29) is 18.0 Å². The molecule has 0 radical (unpaired) electrons. The largest absolute Gasteiger partial charge is 0.461 e. The molecule has 3 heteroatoms. The van der Waals surface area contributed by atoms with Crippen LogP contribution in [0.2, 0.25) is 0 Å². The Morgan fingerprint density at radius 1 is 1.44 bits per heavy atom. The summed E-state index contributed by atoms with van der Waals surface area (Å²) in [5, 5.41) is 0. The first-order valence-electron chi connectivity index (χ1n) is 6.50. The molecule has 1 aliphatic rings. The SMILES string of the molecule is CC1CCOC1C(C)C(=O)OCc1ccccc1. The van der Waals surface area contributed by atoms with Crippen molar-refractivity contribution in [2.75, 3.05) is 6.61 Å². The number of rotatable bonds is 4. The molecule has 0 bridgehead atoms. The van der Waals surface area contributed by atoms with Crippen molar-refractivity contribution in [2.24, 2.45) is 11.8 Å². The summed E-state index contributed by atoms with van der Waals surface area (Å²) in [6.45, 7) is 5.10. The van der Waals surface area contributed by atoms with E-state index < -0.39 is 0 Å². The maximum Gasteiger partial charge on any atom is 0.311 e. The van der Waals surface area contributed by atoms with Crippen LogP contribution in [0.25, 0.3) is 0 Å². The van der Waals surface area contributed by atoms with Crippen LogP contribution in [-0.4, -0.2) is 18.7 Å². The van der Waals surface area contributed by atoms with Gasteiger partial charge in [-0.1, -0.05) is 37.3 Å². The van der Waals surface area contributed by atoms with Gasteiger partial charge >= 0.3 is 5.97 Å². The van der Waals surface area contributed by atoms with Crippen molar-refractivity contribution in [2.45, 2.75) is 33.0 Å². The van der Waals surface area contributed by atoms with Gasteiger partial charge in [-0.15, -0.1) is 0 Å². The molecule has 18 heavy (non-hydrogen) atoms. The van der Waals surface area contributed by atoms with Gasteiger partial charge in [0, 0.05) is 6.61 Å². The smallest absolute Gasteiger partial charge is 0.311 e. The maximum atomic E-state index is 11.9. The van der Waals surface area contributed by atoms with Crippen molar-refractivity contribution in [1.29, 1.82) is 0 Å². The molecule has 0 saturated carbocycles. The normalized spacial score (nSPS) is 24.8. The first-order valence-corrected chi connectivity index (χ1v) is 6.50. The Balaban J connectivity index is 1.84. The highest BCUT2D eigenvalue weighted by atomic mass is 16.5. The molecule has 3 unspecified atom stereocenters. The molecule has 0 amide bonds. The summed E-state index contributed by atoms with van der Waals surface area (Å²) in [5.41, 5.74) is 1.01. The highest BCUT2D eigenvalue weighted by molar-refractivity contribution is 5.72. The molecule has 2 rings (SSSR count). The van der Waals surface area contributed by atoms with Gasteiger partial charge < -0.3 is 9.47 Å². The van der Waals surface area contributed by atoms with Gasteiger partial charge in [0.2, 0.25) is 0 Å². The third kappa shape index (κ3) is 3.10. The number of hydrogen-bond acceptors (Lipinski definition) is 3. The minimum atomic E-state index is -0.189. The lowest BCUT2D eigenvalue weighted by atomic mass is 9.93. The Hall–Kier alpha value is -1.35. The molecule has 0 aliphatic carbocycles. The number of benzene rings is 1. The van der Waals surface area contributed by atoms with E-state index >= 15 is 0 Å². The number of carbonyl (C=O) groups is 1. The van der Waals surface area contributed by atoms with E-state index in [0.29, 0.717) is 12.5 Å². The van der Waals surface area contributed by atoms with Gasteiger partial charge in [0.25, 0.3) is 0 Å². The number of carbonyl (C=O) groups excluding carboxylic acids is 1. The van der Waals surface area contributed by atoms with Crippen LogP contribution in [0, 0.1) is 11.8 Å². The number of esters is 1. The fraction of sp³-hybridized carbons (Fsp3) is 0.533. The predicted octanol–water partition coefficient (Wildman–Crippen LogP) is 2.79. The molecule has 0 spiro atoms. The molecule has 3 atom stereocenters. The van der Waals surface area contributed by atoms with Crippen LogP contribution in [-0.2, 0) is 20.9 Å². The van der Waals surface area contributed by atoms with Crippen LogP contribution in [0.1, 0.15) is 25.8 Å². The second kappa shape index (κ2) is 6.01. The third-order valence-corrected chi connectivity index (χ3v) is 3.53. The van der Waals surface area contributed by atoms with E-state index in [1.165, 1.54) is 0 Å². The van der Waals surface area contributed by atoms with Crippen LogP contribution in [0.5, 0.6) is 0 Å². The summed E-state index contributed by atoms with van der Waals surface area (Å²) in [5.74, 6) is 0.0769. The van der Waals surface area contributed by atoms with Crippen molar-refractivity contribution in [3.05, 3.63) is 35.9 Å². The number of ether oxygens (including phenoxy) is 2. The van der Waals surface area contributed by atoms with Crippen molar-refractivity contribution in [1.82, 2.24) is 0 Å². The zero-order chi connectivity index (χ0) is 13.0. The van der Waals surface area contributed by atoms with Crippen molar-refractivity contribution >= 4 is 5.97 Å². The molecule has 0 N–H and O–H groups in total. The Bertz CT molecular complexity index is 388. The predicted molar refractivity (Wildman–Crippen MR) is 68.9 cm³/mol. The molecule has 3 nitrogen and oxygen atoms in total. The van der Waals surface area contributed by atoms with Crippen molar-refractivity contribution in [3.63, 3.8) is 0 Å². The molecule has 1 aromatic carbocycles. The van der Waals surface area contributed by atoms with E-state index in [4.69, 9.17) is 9.47 Å². The van der Waals surface area contributed by atoms with E-state index in [1.807, 2.05) is 37.3 Å². The van der Waals surface area contributed by atoms with Gasteiger partial charge in [0.15, 0.2) is 0 Å². The van der Waals surface area contributed by atoms with Gasteiger partial charge in [0.1, 0.15) is 6.61 Å². The quantitative estimate of drug-likeness (QED) is 0.769. The Kier molecular flexibility index (Phi) is 4.37. The lowest BCUT2D eigenvalue weighted by molar-refractivity contribution is -0.154. The minimum absolute atomic E-state index is 0.00766. The fourth-order valence-electron chi connectivity index (χ4n) is 2.35. The van der Waals surface area contributed by atoms with Gasteiger partial charge in [-0.25, -0.2) is 0 Å². The molecule has 1 heterocycles. The minimum Gasteiger partial charge on any atom is -0.461 e. The molecular formula is C15H20O3. The average molecular weight is 248 g/mol. The van der Waals surface area contributed by atoms with Crippen LogP contribution in [0.15, 0.2) is 30.3 Å². The molecular weight excluding hydrogens is 228 g/mol. The lowest BCUT2D eigenvalue weighted by Crippen LogP contribution is -2.30. The van der Waals surface area contributed by atoms with E-state index in [2.05, 4.69) is 6.92 Å². The molecule has 0 aromatic heterocycles. The van der Waals surface area contributed by atoms with Gasteiger partial charge in [-0.05, 0) is 24.8 Å². The van der Waals surface area contributed by atoms with Crippen molar-refractivity contribution < 1.29 is 14.3 Å². The van der Waals surface area contributed by atoms with Gasteiger partial charge in [-0.2, -0.15) is 0 Å². The lowest BCUT2D eigenvalue weighted by Gasteiger charge is -2.21. The summed E-state index contributed by atoms with van der Waals surface area (Å²) < 4.78 is 10.9. The zero-order valence-corrected chi connectivity index (χ0v) is 11.0. The van der Waals surface area contributed by atoms with E-state index in [9.17, 15) is 4.79 Å². The molecule has 1 saturated heterocycles. The van der Waals surface area contributed by atoms with Crippen LogP contribution >= 0.6 is 0 Å². The molecule has 1 aliphatic heterocycles. The molecule has 1 aromatic rings. The average Bonchev–Trinajstić information content (AvgIpc) is 2.82. The van der Waals surface area contributed by atoms with Crippen LogP contribution in [0.3, 0.4) is 0 Å². The van der Waals surface area contributed by atoms with Gasteiger partial charge in [-0.3, -0.25) is 4.79 Å². The monoisotopic (exact) mass is 248 g/mol. The third-order valence-electron chi connectivity index (χ3n) is 3.53. The second-order valence-electron chi connectivity index (χ2n) is 4.98. The Morgan fingerprint density at radius 2 is 2.17 bits per heavy atom. The zero-order valence-electron chi connectivity index (χ0n) is 11.0. The molecule has 1 fully saturated rings. The highest BCUT2D eigenvalue weighted by Crippen LogP contribution is 2.27. The summed E-state index contributed by atoms with van der Waals surface area (Å²) in [6.07, 6.45) is 1.04. The Morgan fingerprint density at radius 3 is 2.78 bits per heavy atom. The van der Waals surface area contributed by atoms with Crippen LogP contribution < -0.4 is 0 Å². The van der Waals surface area contributed by atoms with Gasteiger partial charge in [0.05, 0.1) is 12.0 Å². The standard InChI is InChI=1S/C15H20O3/c1-11-8-9-17-14(11)12(2)15(16)18-10-13-6-4-3-5-7-13/h3-7,11-12,14H,8-10H2,1-2H3. The summed E-state index contributed by atoms with van der Waals surface area (Å²) in [6, 6.07) is 9.73. The summed E-state index contributed by atoms with van der Waals surface area (Å²) in [7, 11) is 0. The Labute approximate surface area is 108 Å². The topological polar surface area (TPSA) is 35.5 Å². The van der Waals surface area contributed by atoms with Crippen LogP contribution in [0.4, 0.5) is 0 Å². The first kappa shape index (κ1) is 13.1. The van der Waals surface area contributed by atoms with E-state index in [1.54, 1.807) is 0 Å². The fourth-order valence-corrected chi connectivity index (χ4v) is 2.35. The molecule has 98 valence electrons. The second-order valence-corrected chi connectivity index (χ2v) is 4.98.